The molecule has 3 aromatic carbocycles. The number of carbonyl (C=O) groups excluding carboxylic acids is 2. The fourth-order valence-corrected chi connectivity index (χ4v) is 5.32. The molecule has 224 valence electrons. The van der Waals surface area contributed by atoms with Crippen LogP contribution >= 0.6 is 0 Å². The maximum absolute atomic E-state index is 13.7. The van der Waals surface area contributed by atoms with Gasteiger partial charge in [-0.1, -0.05) is 36.4 Å². The molecular weight excluding hydrogens is 554 g/mol. The molecule has 0 spiro atoms. The number of rotatable bonds is 9. The Bertz CT molecular complexity index is 1710. The molecule has 11 heteroatoms. The fourth-order valence-electron chi connectivity index (χ4n) is 5.32. The van der Waals surface area contributed by atoms with Crippen LogP contribution in [0.5, 0.6) is 23.0 Å². The van der Waals surface area contributed by atoms with Gasteiger partial charge in [0.05, 0.1) is 7.11 Å². The van der Waals surface area contributed by atoms with Gasteiger partial charge < -0.3 is 39.6 Å². The maximum atomic E-state index is 13.7. The highest BCUT2D eigenvalue weighted by molar-refractivity contribution is 5.91. The van der Waals surface area contributed by atoms with E-state index in [-0.39, 0.29) is 58.5 Å². The summed E-state index contributed by atoms with van der Waals surface area (Å²) in [5, 5.41) is 21.9. The molecule has 0 aliphatic carbocycles. The predicted molar refractivity (Wildman–Crippen MR) is 159 cm³/mol. The van der Waals surface area contributed by atoms with Crippen molar-refractivity contribution >= 4 is 22.8 Å². The van der Waals surface area contributed by atoms with Gasteiger partial charge in [0.15, 0.2) is 23.5 Å². The minimum Gasteiger partial charge on any atom is -0.507 e. The van der Waals surface area contributed by atoms with E-state index in [0.29, 0.717) is 24.2 Å². The lowest BCUT2D eigenvalue weighted by Gasteiger charge is -2.33. The molecule has 2 heterocycles. The molecule has 43 heavy (non-hydrogen) atoms. The van der Waals surface area contributed by atoms with Crippen LogP contribution in [0.4, 0.5) is 0 Å². The fraction of sp³-hybridized carbons (Fsp3) is 0.281. The number of nitrogens with zero attached hydrogens (tertiary/aromatic N) is 2. The van der Waals surface area contributed by atoms with Gasteiger partial charge in [-0.05, 0) is 24.7 Å². The van der Waals surface area contributed by atoms with E-state index in [4.69, 9.17) is 19.6 Å². The molecule has 5 rings (SSSR count). The average molecular weight is 588 g/mol. The molecule has 1 aliphatic rings. The third-order valence-corrected chi connectivity index (χ3v) is 7.60. The molecule has 4 N–H and O–H groups in total. The van der Waals surface area contributed by atoms with Gasteiger partial charge in [-0.3, -0.25) is 14.4 Å². The van der Waals surface area contributed by atoms with Crippen molar-refractivity contribution in [3.63, 3.8) is 0 Å². The van der Waals surface area contributed by atoms with Crippen molar-refractivity contribution in [3.8, 4) is 34.3 Å². The van der Waals surface area contributed by atoms with Gasteiger partial charge in [0.1, 0.15) is 28.2 Å². The van der Waals surface area contributed by atoms with Crippen LogP contribution in [0.15, 0.2) is 69.9 Å². The predicted octanol–water partition coefficient (Wildman–Crippen LogP) is 3.04. The van der Waals surface area contributed by atoms with Crippen molar-refractivity contribution < 1.29 is 33.7 Å². The Labute approximate surface area is 247 Å². The SMILES string of the molecule is COc1cc([C@@H](CC(=O)N2CCN(C)CC2)c2c(O)cc(O)c3c(=O)cc(-c4ccccc4)oc23)ccc1OCC(N)=O. The van der Waals surface area contributed by atoms with Crippen LogP contribution in [0, 0.1) is 0 Å². The molecule has 0 radical (unpaired) electrons. The summed E-state index contributed by atoms with van der Waals surface area (Å²) in [6, 6.07) is 16.2. The summed E-state index contributed by atoms with van der Waals surface area (Å²) in [4.78, 5) is 42.2. The highest BCUT2D eigenvalue weighted by atomic mass is 16.5. The number of likely N-dealkylation sites (N-methyl/N-ethyl adjacent to an activating group) is 1. The number of nitrogens with two attached hydrogens (primary N) is 1. The first kappa shape index (κ1) is 29.5. The van der Waals surface area contributed by atoms with E-state index in [0.717, 1.165) is 19.2 Å². The maximum Gasteiger partial charge on any atom is 0.255 e. The molecule has 1 saturated heterocycles. The summed E-state index contributed by atoms with van der Waals surface area (Å²) >= 11 is 0. The largest absolute Gasteiger partial charge is 0.507 e. The molecule has 2 amide bonds. The van der Waals surface area contributed by atoms with Gasteiger partial charge in [0, 0.05) is 61.8 Å². The van der Waals surface area contributed by atoms with Gasteiger partial charge in [0.25, 0.3) is 5.91 Å². The monoisotopic (exact) mass is 587 g/mol. The minimum absolute atomic E-state index is 0.0342. The van der Waals surface area contributed by atoms with Gasteiger partial charge in [-0.25, -0.2) is 0 Å². The lowest BCUT2D eigenvalue weighted by molar-refractivity contribution is -0.133. The van der Waals surface area contributed by atoms with Gasteiger partial charge in [-0.15, -0.1) is 0 Å². The molecule has 1 atom stereocenters. The van der Waals surface area contributed by atoms with Crippen molar-refractivity contribution in [2.24, 2.45) is 5.73 Å². The number of carbonyl (C=O) groups is 2. The van der Waals surface area contributed by atoms with E-state index in [1.54, 1.807) is 47.4 Å². The van der Waals surface area contributed by atoms with Crippen LogP contribution in [0.25, 0.3) is 22.3 Å². The quantitative estimate of drug-likeness (QED) is 0.268. The Hall–Kier alpha value is -5.03. The van der Waals surface area contributed by atoms with Gasteiger partial charge in [0.2, 0.25) is 5.91 Å². The number of ether oxygens (including phenoxy) is 2. The van der Waals surface area contributed by atoms with Gasteiger partial charge >= 0.3 is 0 Å². The number of phenols is 2. The number of methoxy groups -OCH3 is 1. The first-order valence-corrected chi connectivity index (χ1v) is 13.8. The van der Waals surface area contributed by atoms with Crippen LogP contribution in [-0.2, 0) is 9.59 Å². The van der Waals surface area contributed by atoms with Gasteiger partial charge in [-0.2, -0.15) is 0 Å². The normalized spacial score (nSPS) is 14.4. The summed E-state index contributed by atoms with van der Waals surface area (Å²) in [6.07, 6.45) is -0.0823. The second-order valence-electron chi connectivity index (χ2n) is 10.5. The van der Waals surface area contributed by atoms with E-state index in [1.807, 2.05) is 13.1 Å². The molecule has 4 aromatic rings. The number of amides is 2. The van der Waals surface area contributed by atoms with Crippen molar-refractivity contribution in [3.05, 3.63) is 82.0 Å². The molecule has 0 saturated carbocycles. The number of piperazine rings is 1. The number of aromatic hydroxyl groups is 2. The number of phenolic OH excluding ortho intramolecular Hbond substituents is 2. The number of primary amides is 1. The first-order chi connectivity index (χ1) is 20.7. The second-order valence-corrected chi connectivity index (χ2v) is 10.5. The standard InChI is InChI=1S/C32H33N3O8/c1-34-10-12-35(13-11-34)29(40)15-21(20-8-9-25(27(14-20)41-2)42-18-28(33)39)30-22(36)16-23(37)31-24(38)17-26(43-32(30)31)19-6-4-3-5-7-19/h3-9,14,16-17,21,36-37H,10-13,15,18H2,1-2H3,(H2,33,39)/t21-/m1/s1. The van der Waals surface area contributed by atoms with Crippen LogP contribution in [0.2, 0.25) is 0 Å². The third-order valence-electron chi connectivity index (χ3n) is 7.60. The third kappa shape index (κ3) is 6.26. The Morgan fingerprint density at radius 1 is 0.977 bits per heavy atom. The summed E-state index contributed by atoms with van der Waals surface area (Å²) in [6.45, 7) is 2.16. The van der Waals surface area contributed by atoms with E-state index >= 15 is 0 Å². The zero-order valence-corrected chi connectivity index (χ0v) is 23.9. The summed E-state index contributed by atoms with van der Waals surface area (Å²) < 4.78 is 17.3. The lowest BCUT2D eigenvalue weighted by Crippen LogP contribution is -2.47. The zero-order valence-electron chi connectivity index (χ0n) is 23.9. The topological polar surface area (TPSA) is 156 Å². The Morgan fingerprint density at radius 2 is 1.70 bits per heavy atom. The van der Waals surface area contributed by atoms with E-state index in [9.17, 15) is 24.6 Å². The highest BCUT2D eigenvalue weighted by Gasteiger charge is 2.31. The molecule has 1 fully saturated rings. The molecule has 11 nitrogen and oxygen atoms in total. The Balaban J connectivity index is 1.69. The summed E-state index contributed by atoms with van der Waals surface area (Å²) in [5.74, 6) is -1.68. The number of hydrogen-bond acceptors (Lipinski definition) is 9. The van der Waals surface area contributed by atoms with Crippen LogP contribution < -0.4 is 20.6 Å². The smallest absolute Gasteiger partial charge is 0.255 e. The van der Waals surface area contributed by atoms with Crippen LogP contribution in [0.3, 0.4) is 0 Å². The molecule has 0 bridgehead atoms. The minimum atomic E-state index is -0.830. The van der Waals surface area contributed by atoms with Crippen molar-refractivity contribution in [1.29, 1.82) is 0 Å². The Morgan fingerprint density at radius 3 is 2.37 bits per heavy atom. The molecule has 0 unspecified atom stereocenters. The van der Waals surface area contributed by atoms with Crippen molar-refractivity contribution in [2.45, 2.75) is 12.3 Å². The molecule has 1 aliphatic heterocycles. The molecular formula is C32H33N3O8. The number of benzene rings is 3. The van der Waals surface area contributed by atoms with Crippen molar-refractivity contribution in [2.75, 3.05) is 46.9 Å². The van der Waals surface area contributed by atoms with E-state index in [1.165, 1.54) is 13.2 Å². The molecule has 1 aromatic heterocycles. The summed E-state index contributed by atoms with van der Waals surface area (Å²) in [7, 11) is 3.42. The van der Waals surface area contributed by atoms with E-state index < -0.39 is 23.0 Å². The highest BCUT2D eigenvalue weighted by Crippen LogP contribution is 2.44. The second kappa shape index (κ2) is 12.5. The zero-order chi connectivity index (χ0) is 30.7. The van der Waals surface area contributed by atoms with Crippen LogP contribution in [-0.4, -0.2) is 78.8 Å². The Kier molecular flexibility index (Phi) is 8.53. The number of fused-ring (bicyclic) bond motifs is 1. The summed E-state index contributed by atoms with van der Waals surface area (Å²) in [5.41, 5.74) is 6.03. The van der Waals surface area contributed by atoms with E-state index in [2.05, 4.69) is 4.90 Å². The van der Waals surface area contributed by atoms with Crippen LogP contribution in [0.1, 0.15) is 23.5 Å². The first-order valence-electron chi connectivity index (χ1n) is 13.8. The van der Waals surface area contributed by atoms with Crippen molar-refractivity contribution in [1.82, 2.24) is 9.80 Å². The number of hydrogen-bond donors (Lipinski definition) is 3. The average Bonchev–Trinajstić information content (AvgIpc) is 2.99. The lowest BCUT2D eigenvalue weighted by atomic mass is 9.85.